The molecule has 166 valence electrons. The van der Waals surface area contributed by atoms with Crippen LogP contribution in [0.1, 0.15) is 30.5 Å². The monoisotopic (exact) mass is 436 g/mol. The van der Waals surface area contributed by atoms with Gasteiger partial charge in [0.25, 0.3) is 0 Å². The minimum atomic E-state index is 0.466. The van der Waals surface area contributed by atoms with Crippen LogP contribution in [0.15, 0.2) is 67.1 Å². The quantitative estimate of drug-likeness (QED) is 0.516. The average molecular weight is 437 g/mol. The van der Waals surface area contributed by atoms with Gasteiger partial charge in [0.05, 0.1) is 11.7 Å². The highest BCUT2D eigenvalue weighted by molar-refractivity contribution is 5.91. The summed E-state index contributed by atoms with van der Waals surface area (Å²) in [5, 5.41) is 4.66. The van der Waals surface area contributed by atoms with E-state index < -0.39 is 0 Å². The highest BCUT2D eigenvalue weighted by atomic mass is 15.2. The molecule has 6 rings (SSSR count). The number of aromatic nitrogens is 4. The standard InChI is InChI=1S/C27H28N6/c1-2-4-20(5-3-1)16-22-17-23-24(18-30-22)31-25(21-6-11-28-12-7-21)32-26(23)33-14-9-27(10-15-33)8-13-29-19-27/h1-7,11-12,17-18,29H,8-10,13-16,19H2. The predicted molar refractivity (Wildman–Crippen MR) is 131 cm³/mol. The van der Waals surface area contributed by atoms with E-state index in [4.69, 9.17) is 15.0 Å². The molecule has 2 saturated heterocycles. The molecule has 2 aliphatic heterocycles. The van der Waals surface area contributed by atoms with Crippen molar-refractivity contribution in [2.24, 2.45) is 5.41 Å². The first kappa shape index (κ1) is 20.2. The Balaban J connectivity index is 1.40. The van der Waals surface area contributed by atoms with E-state index in [1.165, 1.54) is 24.8 Å². The molecule has 6 nitrogen and oxygen atoms in total. The number of hydrogen-bond acceptors (Lipinski definition) is 6. The molecule has 33 heavy (non-hydrogen) atoms. The summed E-state index contributed by atoms with van der Waals surface area (Å²) in [6.07, 6.45) is 10.0. The largest absolute Gasteiger partial charge is 0.356 e. The average Bonchev–Trinajstić information content (AvgIpc) is 3.33. The molecule has 0 saturated carbocycles. The van der Waals surface area contributed by atoms with Crippen LogP contribution < -0.4 is 10.2 Å². The molecule has 0 unspecified atom stereocenters. The van der Waals surface area contributed by atoms with Gasteiger partial charge in [0, 0.05) is 55.1 Å². The zero-order valence-corrected chi connectivity index (χ0v) is 18.7. The molecule has 0 aliphatic carbocycles. The highest BCUT2D eigenvalue weighted by Crippen LogP contribution is 2.39. The van der Waals surface area contributed by atoms with Gasteiger partial charge in [-0.1, -0.05) is 30.3 Å². The summed E-state index contributed by atoms with van der Waals surface area (Å²) < 4.78 is 0. The SMILES string of the molecule is c1ccc(Cc2cc3c(N4CCC5(CCNC5)CC4)nc(-c4ccncc4)nc3cn2)cc1. The van der Waals surface area contributed by atoms with Crippen LogP contribution >= 0.6 is 0 Å². The summed E-state index contributed by atoms with van der Waals surface area (Å²) in [4.78, 5) is 21.4. The topological polar surface area (TPSA) is 66.8 Å². The molecule has 2 aliphatic rings. The Labute approximate surface area is 194 Å². The highest BCUT2D eigenvalue weighted by Gasteiger charge is 2.37. The Morgan fingerprint density at radius 1 is 0.939 bits per heavy atom. The van der Waals surface area contributed by atoms with Crippen LogP contribution in [-0.2, 0) is 6.42 Å². The van der Waals surface area contributed by atoms with E-state index in [1.807, 2.05) is 24.4 Å². The van der Waals surface area contributed by atoms with Crippen LogP contribution in [0.2, 0.25) is 0 Å². The van der Waals surface area contributed by atoms with Gasteiger partial charge in [-0.3, -0.25) is 9.97 Å². The molecule has 0 radical (unpaired) electrons. The fourth-order valence-corrected chi connectivity index (χ4v) is 5.25. The summed E-state index contributed by atoms with van der Waals surface area (Å²) in [7, 11) is 0. The molecule has 1 N–H and O–H groups in total. The van der Waals surface area contributed by atoms with Gasteiger partial charge in [-0.15, -0.1) is 0 Å². The molecule has 6 heteroatoms. The van der Waals surface area contributed by atoms with E-state index in [9.17, 15) is 0 Å². The number of benzene rings is 1. The molecule has 3 aromatic heterocycles. The zero-order valence-electron chi connectivity index (χ0n) is 18.7. The van der Waals surface area contributed by atoms with Gasteiger partial charge in [-0.05, 0) is 55.0 Å². The van der Waals surface area contributed by atoms with Gasteiger partial charge in [-0.2, -0.15) is 0 Å². The maximum atomic E-state index is 5.10. The summed E-state index contributed by atoms with van der Waals surface area (Å²) in [6.45, 7) is 4.36. The Morgan fingerprint density at radius 3 is 2.52 bits per heavy atom. The molecule has 0 amide bonds. The van der Waals surface area contributed by atoms with Crippen molar-refractivity contribution in [1.82, 2.24) is 25.3 Å². The van der Waals surface area contributed by atoms with Crippen LogP contribution in [-0.4, -0.2) is 46.1 Å². The zero-order chi connectivity index (χ0) is 22.1. The predicted octanol–water partition coefficient (Wildman–Crippen LogP) is 4.26. The number of nitrogens with zero attached hydrogens (tertiary/aromatic N) is 5. The van der Waals surface area contributed by atoms with Gasteiger partial charge in [0.1, 0.15) is 5.82 Å². The minimum Gasteiger partial charge on any atom is -0.356 e. The van der Waals surface area contributed by atoms with E-state index in [2.05, 4.69) is 45.5 Å². The van der Waals surface area contributed by atoms with Crippen LogP contribution in [0, 0.1) is 5.41 Å². The van der Waals surface area contributed by atoms with Crippen molar-refractivity contribution in [2.45, 2.75) is 25.7 Å². The fraction of sp³-hybridized carbons (Fsp3) is 0.333. The van der Waals surface area contributed by atoms with Gasteiger partial charge in [0.2, 0.25) is 0 Å². The summed E-state index contributed by atoms with van der Waals surface area (Å²) in [5.74, 6) is 1.77. The number of nitrogens with one attached hydrogen (secondary N) is 1. The van der Waals surface area contributed by atoms with Crippen LogP contribution in [0.3, 0.4) is 0 Å². The Kier molecular flexibility index (Phi) is 5.23. The van der Waals surface area contributed by atoms with Gasteiger partial charge >= 0.3 is 0 Å². The van der Waals surface area contributed by atoms with Crippen molar-refractivity contribution >= 4 is 16.7 Å². The van der Waals surface area contributed by atoms with E-state index >= 15 is 0 Å². The third-order valence-electron chi connectivity index (χ3n) is 7.24. The smallest absolute Gasteiger partial charge is 0.162 e. The summed E-state index contributed by atoms with van der Waals surface area (Å²) in [5.41, 5.74) is 4.65. The van der Waals surface area contributed by atoms with Crippen molar-refractivity contribution in [1.29, 1.82) is 0 Å². The van der Waals surface area contributed by atoms with E-state index in [0.717, 1.165) is 66.4 Å². The lowest BCUT2D eigenvalue weighted by Gasteiger charge is -2.39. The van der Waals surface area contributed by atoms with Gasteiger partial charge in [-0.25, -0.2) is 9.97 Å². The van der Waals surface area contributed by atoms with Crippen molar-refractivity contribution < 1.29 is 0 Å². The van der Waals surface area contributed by atoms with Gasteiger partial charge in [0.15, 0.2) is 5.82 Å². The first-order valence-electron chi connectivity index (χ1n) is 11.8. The van der Waals surface area contributed by atoms with E-state index in [0.29, 0.717) is 5.41 Å². The normalized spacial score (nSPS) is 17.6. The first-order chi connectivity index (χ1) is 16.3. The second-order valence-corrected chi connectivity index (χ2v) is 9.38. The van der Waals surface area contributed by atoms with Crippen molar-refractivity contribution in [3.63, 3.8) is 0 Å². The maximum Gasteiger partial charge on any atom is 0.162 e. The third kappa shape index (κ3) is 4.07. The van der Waals surface area contributed by atoms with Crippen molar-refractivity contribution in [3.8, 4) is 11.4 Å². The summed E-state index contributed by atoms with van der Waals surface area (Å²) in [6, 6.07) is 16.6. The lowest BCUT2D eigenvalue weighted by atomic mass is 9.78. The van der Waals surface area contributed by atoms with Crippen LogP contribution in [0.5, 0.6) is 0 Å². The van der Waals surface area contributed by atoms with E-state index in [-0.39, 0.29) is 0 Å². The molecule has 0 bridgehead atoms. The molecule has 0 atom stereocenters. The third-order valence-corrected chi connectivity index (χ3v) is 7.24. The van der Waals surface area contributed by atoms with Crippen molar-refractivity contribution in [2.75, 3.05) is 31.1 Å². The number of piperidine rings is 1. The minimum absolute atomic E-state index is 0.466. The number of fused-ring (bicyclic) bond motifs is 1. The first-order valence-corrected chi connectivity index (χ1v) is 11.8. The number of hydrogen-bond donors (Lipinski definition) is 1. The lowest BCUT2D eigenvalue weighted by Crippen LogP contribution is -2.41. The fourth-order valence-electron chi connectivity index (χ4n) is 5.25. The van der Waals surface area contributed by atoms with Gasteiger partial charge < -0.3 is 10.2 Å². The molecule has 5 heterocycles. The molecular weight excluding hydrogens is 408 g/mol. The molecule has 2 fully saturated rings. The van der Waals surface area contributed by atoms with Crippen molar-refractivity contribution in [3.05, 3.63) is 78.4 Å². The Hall–Kier alpha value is -3.38. The molecule has 4 aromatic rings. The Morgan fingerprint density at radius 2 is 1.76 bits per heavy atom. The Bertz CT molecular complexity index is 1240. The number of rotatable bonds is 4. The summed E-state index contributed by atoms with van der Waals surface area (Å²) >= 11 is 0. The second-order valence-electron chi connectivity index (χ2n) is 9.38. The van der Waals surface area contributed by atoms with E-state index in [1.54, 1.807) is 12.4 Å². The second kappa shape index (κ2) is 8.52. The number of anilines is 1. The lowest BCUT2D eigenvalue weighted by molar-refractivity contribution is 0.247. The van der Waals surface area contributed by atoms with Crippen LogP contribution in [0.25, 0.3) is 22.3 Å². The van der Waals surface area contributed by atoms with Crippen LogP contribution in [0.4, 0.5) is 5.82 Å². The molecule has 1 spiro atoms. The molecular formula is C27H28N6. The maximum absolute atomic E-state index is 5.10. The molecule has 1 aromatic carbocycles. The number of pyridine rings is 2.